The number of hydrogen-bond acceptors (Lipinski definition) is 4. The van der Waals surface area contributed by atoms with Crippen molar-refractivity contribution in [3.05, 3.63) is 77.4 Å². The molecule has 1 aliphatic carbocycles. The number of carbonyl (C=O) groups is 2. The summed E-state index contributed by atoms with van der Waals surface area (Å²) in [5.74, 6) is 0.923. The Labute approximate surface area is 180 Å². The molecule has 0 unspecified atom stereocenters. The minimum Gasteiger partial charge on any atom is -0.454 e. The number of anilines is 1. The summed E-state index contributed by atoms with van der Waals surface area (Å²) in [4.78, 5) is 24.5. The predicted octanol–water partition coefficient (Wildman–Crippen LogP) is 4.16. The first kappa shape index (κ1) is 19.2. The van der Waals surface area contributed by atoms with Crippen LogP contribution in [0.4, 0.5) is 5.69 Å². The molecule has 0 bridgehead atoms. The molecule has 1 saturated carbocycles. The number of primary amides is 1. The van der Waals surface area contributed by atoms with E-state index in [-0.39, 0.29) is 12.7 Å². The van der Waals surface area contributed by atoms with E-state index in [2.05, 4.69) is 5.32 Å². The van der Waals surface area contributed by atoms with E-state index in [4.69, 9.17) is 15.2 Å². The monoisotopic (exact) mass is 414 g/mol. The fourth-order valence-corrected chi connectivity index (χ4v) is 4.04. The van der Waals surface area contributed by atoms with E-state index in [1.54, 1.807) is 12.1 Å². The van der Waals surface area contributed by atoms with Crippen LogP contribution >= 0.6 is 0 Å². The van der Waals surface area contributed by atoms with Crippen LogP contribution in [0.3, 0.4) is 0 Å². The lowest BCUT2D eigenvalue weighted by atomic mass is 9.94. The van der Waals surface area contributed by atoms with Crippen molar-refractivity contribution in [1.29, 1.82) is 0 Å². The Morgan fingerprint density at radius 3 is 2.39 bits per heavy atom. The summed E-state index contributed by atoms with van der Waals surface area (Å²) >= 11 is 0. The van der Waals surface area contributed by atoms with Gasteiger partial charge < -0.3 is 20.5 Å². The van der Waals surface area contributed by atoms with Gasteiger partial charge in [-0.2, -0.15) is 0 Å². The Balaban J connectivity index is 1.39. The Kier molecular flexibility index (Phi) is 4.43. The number of carbonyl (C=O) groups excluding carboxylic acids is 2. The predicted molar refractivity (Wildman–Crippen MR) is 117 cm³/mol. The minimum atomic E-state index is -0.533. The van der Waals surface area contributed by atoms with Crippen molar-refractivity contribution in [2.75, 3.05) is 12.1 Å². The van der Waals surface area contributed by atoms with Crippen molar-refractivity contribution in [3.63, 3.8) is 0 Å². The molecule has 6 heteroatoms. The molecule has 1 aliphatic heterocycles. The number of aryl methyl sites for hydroxylation is 1. The highest BCUT2D eigenvalue weighted by Crippen LogP contribution is 2.51. The Bertz CT molecular complexity index is 1200. The lowest BCUT2D eigenvalue weighted by Gasteiger charge is -2.17. The fraction of sp³-hybridized carbons (Fsp3) is 0.200. The molecule has 1 fully saturated rings. The van der Waals surface area contributed by atoms with Crippen LogP contribution in [0.25, 0.3) is 11.1 Å². The van der Waals surface area contributed by atoms with Crippen LogP contribution in [0.2, 0.25) is 0 Å². The lowest BCUT2D eigenvalue weighted by Crippen LogP contribution is -2.27. The van der Waals surface area contributed by atoms with Gasteiger partial charge in [0.2, 0.25) is 18.6 Å². The second kappa shape index (κ2) is 7.16. The van der Waals surface area contributed by atoms with Crippen molar-refractivity contribution in [2.24, 2.45) is 5.73 Å². The SMILES string of the molecule is Cc1ccc(NC(=O)C2(c3ccc4c(c3)OCO4)CC2)cc1-c1ccc(C(N)=O)cc1. The third-order valence-corrected chi connectivity index (χ3v) is 6.09. The standard InChI is InChI=1S/C25H22N2O4/c1-15-2-8-19(13-20(15)16-3-5-17(6-4-16)23(26)28)27-24(29)25(10-11-25)18-7-9-21-22(12-18)31-14-30-21/h2-9,12-13H,10-11,14H2,1H3,(H2,26,28)(H,27,29). The molecule has 2 amide bonds. The van der Waals surface area contributed by atoms with E-state index in [0.29, 0.717) is 17.1 Å². The zero-order valence-corrected chi connectivity index (χ0v) is 17.1. The number of hydrogen-bond donors (Lipinski definition) is 2. The highest BCUT2D eigenvalue weighted by atomic mass is 16.7. The number of benzene rings is 3. The Morgan fingerprint density at radius 2 is 1.68 bits per heavy atom. The molecule has 3 aromatic rings. The van der Waals surface area contributed by atoms with E-state index < -0.39 is 11.3 Å². The second-order valence-electron chi connectivity index (χ2n) is 8.08. The molecule has 0 aromatic heterocycles. The minimum absolute atomic E-state index is 0.0229. The van der Waals surface area contributed by atoms with Gasteiger partial charge in [-0.1, -0.05) is 24.3 Å². The van der Waals surface area contributed by atoms with Crippen molar-refractivity contribution >= 4 is 17.5 Å². The number of nitrogens with two attached hydrogens (primary N) is 1. The van der Waals surface area contributed by atoms with E-state index in [1.807, 2.05) is 55.5 Å². The highest BCUT2D eigenvalue weighted by Gasteiger charge is 2.51. The summed E-state index contributed by atoms with van der Waals surface area (Å²) in [6.45, 7) is 2.22. The quantitative estimate of drug-likeness (QED) is 0.656. The summed E-state index contributed by atoms with van der Waals surface area (Å²) in [5, 5.41) is 3.09. The van der Waals surface area contributed by atoms with Crippen LogP contribution in [-0.4, -0.2) is 18.6 Å². The van der Waals surface area contributed by atoms with Crippen molar-refractivity contribution in [2.45, 2.75) is 25.2 Å². The maximum Gasteiger partial charge on any atom is 0.248 e. The Morgan fingerprint density at radius 1 is 0.935 bits per heavy atom. The summed E-state index contributed by atoms with van der Waals surface area (Å²) in [5.41, 5.74) is 9.96. The fourth-order valence-electron chi connectivity index (χ4n) is 4.04. The molecule has 0 saturated heterocycles. The average Bonchev–Trinajstić information content (AvgIpc) is 3.46. The summed E-state index contributed by atoms with van der Waals surface area (Å²) < 4.78 is 10.9. The average molecular weight is 414 g/mol. The van der Waals surface area contributed by atoms with Crippen LogP contribution in [-0.2, 0) is 10.2 Å². The van der Waals surface area contributed by atoms with Crippen molar-refractivity contribution < 1.29 is 19.1 Å². The first-order chi connectivity index (χ1) is 15.0. The molecule has 0 spiro atoms. The van der Waals surface area contributed by atoms with Gasteiger partial charge in [-0.15, -0.1) is 0 Å². The lowest BCUT2D eigenvalue weighted by molar-refractivity contribution is -0.118. The van der Waals surface area contributed by atoms with Gasteiger partial charge in [0, 0.05) is 11.3 Å². The van der Waals surface area contributed by atoms with Gasteiger partial charge in [-0.05, 0) is 78.4 Å². The Hall–Kier alpha value is -3.80. The van der Waals surface area contributed by atoms with Crippen LogP contribution in [0.1, 0.15) is 34.3 Å². The molecule has 156 valence electrons. The van der Waals surface area contributed by atoms with Gasteiger partial charge in [-0.3, -0.25) is 9.59 Å². The van der Waals surface area contributed by atoms with Gasteiger partial charge in [0.05, 0.1) is 5.41 Å². The number of rotatable bonds is 5. The molecular weight excluding hydrogens is 392 g/mol. The van der Waals surface area contributed by atoms with Gasteiger partial charge in [0.25, 0.3) is 0 Å². The molecule has 2 aliphatic rings. The molecule has 3 aromatic carbocycles. The molecule has 0 atom stereocenters. The molecule has 0 radical (unpaired) electrons. The zero-order chi connectivity index (χ0) is 21.6. The van der Waals surface area contributed by atoms with Gasteiger partial charge in [-0.25, -0.2) is 0 Å². The summed E-state index contributed by atoms with van der Waals surface area (Å²) in [7, 11) is 0. The largest absolute Gasteiger partial charge is 0.454 e. The van der Waals surface area contributed by atoms with Gasteiger partial charge in [0.15, 0.2) is 11.5 Å². The van der Waals surface area contributed by atoms with Gasteiger partial charge in [0.1, 0.15) is 0 Å². The topological polar surface area (TPSA) is 90.7 Å². The summed E-state index contributed by atoms with van der Waals surface area (Å²) in [6.07, 6.45) is 1.59. The van der Waals surface area contributed by atoms with E-state index in [1.165, 1.54) is 0 Å². The van der Waals surface area contributed by atoms with Crippen LogP contribution in [0, 0.1) is 6.92 Å². The zero-order valence-electron chi connectivity index (χ0n) is 17.1. The molecule has 6 nitrogen and oxygen atoms in total. The molecule has 5 rings (SSSR count). The molecule has 1 heterocycles. The first-order valence-electron chi connectivity index (χ1n) is 10.2. The maximum absolute atomic E-state index is 13.2. The van der Waals surface area contributed by atoms with Crippen molar-refractivity contribution in [1.82, 2.24) is 0 Å². The van der Waals surface area contributed by atoms with Gasteiger partial charge >= 0.3 is 0 Å². The third kappa shape index (κ3) is 3.40. The highest BCUT2D eigenvalue weighted by molar-refractivity contribution is 6.02. The smallest absolute Gasteiger partial charge is 0.248 e. The number of nitrogens with one attached hydrogen (secondary N) is 1. The molecular formula is C25H22N2O4. The van der Waals surface area contributed by atoms with E-state index >= 15 is 0 Å². The number of amides is 2. The van der Waals surface area contributed by atoms with Crippen LogP contribution in [0.15, 0.2) is 60.7 Å². The van der Waals surface area contributed by atoms with Crippen LogP contribution < -0.4 is 20.5 Å². The normalized spacial score (nSPS) is 15.4. The maximum atomic E-state index is 13.2. The number of fused-ring (bicyclic) bond motifs is 1. The number of ether oxygens (including phenoxy) is 2. The first-order valence-corrected chi connectivity index (χ1v) is 10.2. The summed E-state index contributed by atoms with van der Waals surface area (Å²) in [6, 6.07) is 18.7. The third-order valence-electron chi connectivity index (χ3n) is 6.09. The van der Waals surface area contributed by atoms with Crippen molar-refractivity contribution in [3.8, 4) is 22.6 Å². The second-order valence-corrected chi connectivity index (χ2v) is 8.08. The van der Waals surface area contributed by atoms with Crippen LogP contribution in [0.5, 0.6) is 11.5 Å². The molecule has 31 heavy (non-hydrogen) atoms. The molecule has 3 N–H and O–H groups in total. The van der Waals surface area contributed by atoms with E-state index in [9.17, 15) is 9.59 Å². The van der Waals surface area contributed by atoms with E-state index in [0.717, 1.165) is 40.8 Å².